The molecule has 0 radical (unpaired) electrons. The van der Waals surface area contributed by atoms with Crippen LogP contribution in [0, 0.1) is 6.92 Å². The SMILES string of the molecule is CNC(c1ccoc1)c1ncccc1C. The number of aromatic nitrogens is 1. The van der Waals surface area contributed by atoms with Crippen molar-refractivity contribution in [3.8, 4) is 0 Å². The summed E-state index contributed by atoms with van der Waals surface area (Å²) in [5.41, 5.74) is 3.32. The van der Waals surface area contributed by atoms with Crippen LogP contribution < -0.4 is 5.32 Å². The predicted molar refractivity (Wildman–Crippen MR) is 58.6 cm³/mol. The van der Waals surface area contributed by atoms with Crippen LogP contribution in [0.2, 0.25) is 0 Å². The summed E-state index contributed by atoms with van der Waals surface area (Å²) in [7, 11) is 1.92. The van der Waals surface area contributed by atoms with Gasteiger partial charge in [-0.1, -0.05) is 6.07 Å². The summed E-state index contributed by atoms with van der Waals surface area (Å²) in [6.07, 6.45) is 5.24. The quantitative estimate of drug-likeness (QED) is 0.829. The Hall–Kier alpha value is -1.61. The van der Waals surface area contributed by atoms with Crippen LogP contribution in [0.1, 0.15) is 22.9 Å². The van der Waals surface area contributed by atoms with Gasteiger partial charge in [0.2, 0.25) is 0 Å². The summed E-state index contributed by atoms with van der Waals surface area (Å²) in [4.78, 5) is 4.40. The molecule has 1 atom stereocenters. The largest absolute Gasteiger partial charge is 0.472 e. The second-order valence-corrected chi connectivity index (χ2v) is 3.48. The van der Waals surface area contributed by atoms with Crippen molar-refractivity contribution >= 4 is 0 Å². The van der Waals surface area contributed by atoms with Gasteiger partial charge < -0.3 is 9.73 Å². The molecule has 1 N–H and O–H groups in total. The van der Waals surface area contributed by atoms with E-state index in [0.29, 0.717) is 0 Å². The van der Waals surface area contributed by atoms with Crippen LogP contribution in [0.3, 0.4) is 0 Å². The maximum Gasteiger partial charge on any atom is 0.0954 e. The molecule has 0 fully saturated rings. The van der Waals surface area contributed by atoms with Crippen molar-refractivity contribution in [1.82, 2.24) is 10.3 Å². The molecule has 15 heavy (non-hydrogen) atoms. The van der Waals surface area contributed by atoms with Crippen LogP contribution in [-0.2, 0) is 0 Å². The summed E-state index contributed by atoms with van der Waals surface area (Å²) in [6.45, 7) is 2.06. The molecule has 1 unspecified atom stereocenters. The van der Waals surface area contributed by atoms with Gasteiger partial charge >= 0.3 is 0 Å². The lowest BCUT2D eigenvalue weighted by atomic mass is 10.0. The van der Waals surface area contributed by atoms with E-state index in [9.17, 15) is 0 Å². The van der Waals surface area contributed by atoms with Gasteiger partial charge in [-0.25, -0.2) is 0 Å². The van der Waals surface area contributed by atoms with Crippen LogP contribution in [0.5, 0.6) is 0 Å². The van der Waals surface area contributed by atoms with Crippen molar-refractivity contribution in [2.24, 2.45) is 0 Å². The molecule has 0 aliphatic rings. The fraction of sp³-hybridized carbons (Fsp3) is 0.250. The first-order chi connectivity index (χ1) is 7.33. The third kappa shape index (κ3) is 1.92. The summed E-state index contributed by atoms with van der Waals surface area (Å²) in [6, 6.07) is 6.06. The first kappa shape index (κ1) is 9.93. The molecule has 2 aromatic rings. The third-order valence-electron chi connectivity index (χ3n) is 2.49. The Morgan fingerprint density at radius 2 is 2.27 bits per heavy atom. The zero-order chi connectivity index (χ0) is 10.7. The van der Waals surface area contributed by atoms with Crippen molar-refractivity contribution < 1.29 is 4.42 Å². The highest BCUT2D eigenvalue weighted by Crippen LogP contribution is 2.22. The molecule has 3 nitrogen and oxygen atoms in total. The van der Waals surface area contributed by atoms with E-state index in [0.717, 1.165) is 11.3 Å². The minimum absolute atomic E-state index is 0.102. The summed E-state index contributed by atoms with van der Waals surface area (Å²) in [5.74, 6) is 0. The maximum absolute atomic E-state index is 5.09. The summed E-state index contributed by atoms with van der Waals surface area (Å²) >= 11 is 0. The van der Waals surface area contributed by atoms with Crippen molar-refractivity contribution in [1.29, 1.82) is 0 Å². The zero-order valence-electron chi connectivity index (χ0n) is 8.90. The third-order valence-corrected chi connectivity index (χ3v) is 2.49. The average Bonchev–Trinajstić information content (AvgIpc) is 2.75. The van der Waals surface area contributed by atoms with Gasteiger partial charge in [-0.3, -0.25) is 4.98 Å². The molecule has 0 bridgehead atoms. The topological polar surface area (TPSA) is 38.1 Å². The summed E-state index contributed by atoms with van der Waals surface area (Å²) in [5, 5.41) is 3.24. The van der Waals surface area contributed by atoms with Crippen LogP contribution >= 0.6 is 0 Å². The molecule has 2 heterocycles. The van der Waals surface area contributed by atoms with Gasteiger partial charge in [0.25, 0.3) is 0 Å². The monoisotopic (exact) mass is 202 g/mol. The zero-order valence-corrected chi connectivity index (χ0v) is 8.90. The fourth-order valence-electron chi connectivity index (χ4n) is 1.70. The van der Waals surface area contributed by atoms with E-state index in [2.05, 4.69) is 23.3 Å². The Kier molecular flexibility index (Phi) is 2.83. The van der Waals surface area contributed by atoms with E-state index < -0.39 is 0 Å². The smallest absolute Gasteiger partial charge is 0.0954 e. The van der Waals surface area contributed by atoms with E-state index in [1.165, 1.54) is 5.56 Å². The first-order valence-electron chi connectivity index (χ1n) is 4.94. The highest BCUT2D eigenvalue weighted by molar-refractivity contribution is 5.29. The van der Waals surface area contributed by atoms with Crippen molar-refractivity contribution in [3.63, 3.8) is 0 Å². The minimum Gasteiger partial charge on any atom is -0.472 e. The average molecular weight is 202 g/mol. The first-order valence-corrected chi connectivity index (χ1v) is 4.94. The molecule has 0 saturated heterocycles. The van der Waals surface area contributed by atoms with Gasteiger partial charge in [-0.2, -0.15) is 0 Å². The van der Waals surface area contributed by atoms with Gasteiger partial charge in [0.1, 0.15) is 0 Å². The molecule has 2 aromatic heterocycles. The molecule has 0 saturated carbocycles. The number of aryl methyl sites for hydroxylation is 1. The Balaban J connectivity index is 2.40. The van der Waals surface area contributed by atoms with E-state index in [1.54, 1.807) is 12.5 Å². The van der Waals surface area contributed by atoms with Gasteiger partial charge in [0, 0.05) is 11.8 Å². The van der Waals surface area contributed by atoms with E-state index in [4.69, 9.17) is 4.42 Å². The number of hydrogen-bond donors (Lipinski definition) is 1. The van der Waals surface area contributed by atoms with Gasteiger partial charge in [-0.15, -0.1) is 0 Å². The van der Waals surface area contributed by atoms with Crippen LogP contribution in [0.25, 0.3) is 0 Å². The molecule has 78 valence electrons. The molecule has 0 aliphatic carbocycles. The minimum atomic E-state index is 0.102. The van der Waals surface area contributed by atoms with Gasteiger partial charge in [0.15, 0.2) is 0 Å². The molecule has 0 spiro atoms. The number of pyridine rings is 1. The van der Waals surface area contributed by atoms with E-state index in [1.807, 2.05) is 25.4 Å². The Bertz CT molecular complexity index is 423. The molecule has 0 aromatic carbocycles. The highest BCUT2D eigenvalue weighted by Gasteiger charge is 2.15. The van der Waals surface area contributed by atoms with E-state index in [-0.39, 0.29) is 6.04 Å². The maximum atomic E-state index is 5.09. The standard InChI is InChI=1S/C12H14N2O/c1-9-4-3-6-14-11(9)12(13-2)10-5-7-15-8-10/h3-8,12-13H,1-2H3. The molecule has 0 aliphatic heterocycles. The normalized spacial score (nSPS) is 12.7. The number of nitrogens with zero attached hydrogens (tertiary/aromatic N) is 1. The predicted octanol–water partition coefficient (Wildman–Crippen LogP) is 2.29. The molecule has 0 amide bonds. The number of furan rings is 1. The van der Waals surface area contributed by atoms with Crippen molar-refractivity contribution in [2.45, 2.75) is 13.0 Å². The van der Waals surface area contributed by atoms with Gasteiger partial charge in [-0.05, 0) is 31.7 Å². The lowest BCUT2D eigenvalue weighted by Crippen LogP contribution is -2.19. The lowest BCUT2D eigenvalue weighted by Gasteiger charge is -2.15. The summed E-state index contributed by atoms with van der Waals surface area (Å²) < 4.78 is 5.09. The van der Waals surface area contributed by atoms with Crippen LogP contribution in [0.4, 0.5) is 0 Å². The second-order valence-electron chi connectivity index (χ2n) is 3.48. The van der Waals surface area contributed by atoms with Crippen molar-refractivity contribution in [3.05, 3.63) is 53.7 Å². The fourth-order valence-corrected chi connectivity index (χ4v) is 1.70. The van der Waals surface area contributed by atoms with Crippen molar-refractivity contribution in [2.75, 3.05) is 7.05 Å². The lowest BCUT2D eigenvalue weighted by molar-refractivity contribution is 0.556. The Labute approximate surface area is 89.1 Å². The molecule has 2 rings (SSSR count). The highest BCUT2D eigenvalue weighted by atomic mass is 16.3. The number of hydrogen-bond acceptors (Lipinski definition) is 3. The molecule has 3 heteroatoms. The second kappa shape index (κ2) is 4.28. The number of nitrogens with one attached hydrogen (secondary N) is 1. The molecular weight excluding hydrogens is 188 g/mol. The number of rotatable bonds is 3. The van der Waals surface area contributed by atoms with E-state index >= 15 is 0 Å². The van der Waals surface area contributed by atoms with Gasteiger partial charge in [0.05, 0.1) is 24.3 Å². The Morgan fingerprint density at radius 3 is 2.87 bits per heavy atom. The molecular formula is C12H14N2O. The van der Waals surface area contributed by atoms with Crippen LogP contribution in [-0.4, -0.2) is 12.0 Å². The Morgan fingerprint density at radius 1 is 1.40 bits per heavy atom. The van der Waals surface area contributed by atoms with Crippen LogP contribution in [0.15, 0.2) is 41.3 Å².